The van der Waals surface area contributed by atoms with Gasteiger partial charge in [-0.05, 0) is 69.3 Å². The smallest absolute Gasteiger partial charge is 0.356 e. The van der Waals surface area contributed by atoms with Gasteiger partial charge >= 0.3 is 5.97 Å². The van der Waals surface area contributed by atoms with Gasteiger partial charge in [0.05, 0.1) is 41.4 Å². The van der Waals surface area contributed by atoms with E-state index in [0.717, 1.165) is 79.5 Å². The first kappa shape index (κ1) is 42.1. The van der Waals surface area contributed by atoms with E-state index in [9.17, 15) is 9.90 Å². The van der Waals surface area contributed by atoms with Crippen molar-refractivity contribution in [1.82, 2.24) is 19.6 Å². The van der Waals surface area contributed by atoms with Crippen molar-refractivity contribution in [2.45, 2.75) is 25.7 Å². The minimum atomic E-state index is -1.03. The van der Waals surface area contributed by atoms with Crippen LogP contribution in [-0.2, 0) is 14.1 Å². The Labute approximate surface area is 337 Å². The number of benzene rings is 4. The zero-order valence-corrected chi connectivity index (χ0v) is 34.0. The van der Waals surface area contributed by atoms with Crippen molar-refractivity contribution in [3.63, 3.8) is 0 Å². The molecule has 0 fully saturated rings. The van der Waals surface area contributed by atoms with Gasteiger partial charge in [0.25, 0.3) is 0 Å². The van der Waals surface area contributed by atoms with Gasteiger partial charge in [0.1, 0.15) is 12.3 Å². The van der Waals surface area contributed by atoms with Crippen molar-refractivity contribution >= 4 is 56.8 Å². The number of carboxylic acids is 1. The Morgan fingerprint density at radius 1 is 0.815 bits per heavy atom. The lowest BCUT2D eigenvalue weighted by Gasteiger charge is -2.08. The van der Waals surface area contributed by atoms with Crippen molar-refractivity contribution in [1.29, 1.82) is 0 Å². The molecule has 5 N–H and O–H groups in total. The van der Waals surface area contributed by atoms with Crippen LogP contribution >= 0.6 is 45.0 Å². The molecule has 4 aromatic carbocycles. The minimum absolute atomic E-state index is 0. The predicted octanol–water partition coefficient (Wildman–Crippen LogP) is 8.23. The van der Waals surface area contributed by atoms with Crippen LogP contribution in [0, 0.1) is 20.8 Å². The Balaban J connectivity index is 0.000000219. The standard InChI is InChI=1S/C19H18N4O3S.C18H16N2O2.C2H6BrN.BrH/c1-13-2-4-14(5-3-13)18-12-17(19-21-10-11-24-19)22-23(18)15-6-8-16(9-7-15)27-26-25-20;1-12-3-7-14(8-4-12)17-11-16(18(21)22)19-20(17)15-9-5-13(2)6-10-15;3-1-2-4;/h2-9,12H,10-11,20H2,1H3;3-11H,1-2H3,(H,21,22);1-2,4H2;1H. The number of hydrogen-bond acceptors (Lipinski definition) is 10. The number of alkyl halides is 1. The molecule has 1 aliphatic heterocycles. The van der Waals surface area contributed by atoms with Gasteiger partial charge in [0, 0.05) is 27.9 Å². The zero-order valence-electron chi connectivity index (χ0n) is 29.9. The topological polar surface area (TPSA) is 165 Å². The van der Waals surface area contributed by atoms with E-state index in [1.54, 1.807) is 10.7 Å². The molecule has 12 nitrogen and oxygen atoms in total. The number of rotatable bonds is 10. The molecule has 15 heteroatoms. The predicted molar refractivity (Wildman–Crippen MR) is 222 cm³/mol. The maximum absolute atomic E-state index is 11.3. The molecule has 54 heavy (non-hydrogen) atoms. The molecule has 0 spiro atoms. The van der Waals surface area contributed by atoms with Gasteiger partial charge in [-0.1, -0.05) is 93.3 Å². The number of aromatic nitrogens is 4. The normalized spacial score (nSPS) is 11.6. The number of carboxylic acid groups (broad SMARTS) is 1. The Morgan fingerprint density at radius 3 is 1.76 bits per heavy atom. The number of hydrogen-bond donors (Lipinski definition) is 3. The lowest BCUT2D eigenvalue weighted by Crippen LogP contribution is -2.04. The second-order valence-corrected chi connectivity index (χ2v) is 13.3. The zero-order chi connectivity index (χ0) is 37.7. The first-order chi connectivity index (χ1) is 25.7. The van der Waals surface area contributed by atoms with E-state index in [-0.39, 0.29) is 22.7 Å². The highest BCUT2D eigenvalue weighted by atomic mass is 79.9. The summed E-state index contributed by atoms with van der Waals surface area (Å²) in [6, 6.07) is 35.4. The Morgan fingerprint density at radius 2 is 1.30 bits per heavy atom. The van der Waals surface area contributed by atoms with Crippen LogP contribution in [0.1, 0.15) is 32.9 Å². The van der Waals surface area contributed by atoms with Crippen LogP contribution in [0.2, 0.25) is 0 Å². The number of aryl methyl sites for hydroxylation is 3. The largest absolute Gasteiger partial charge is 0.476 e. The van der Waals surface area contributed by atoms with Gasteiger partial charge in [0.15, 0.2) is 5.69 Å². The molecule has 1 aliphatic rings. The molecule has 0 saturated heterocycles. The molecule has 0 amide bonds. The van der Waals surface area contributed by atoms with Crippen LogP contribution < -0.4 is 11.6 Å². The summed E-state index contributed by atoms with van der Waals surface area (Å²) in [5.41, 5.74) is 14.7. The lowest BCUT2D eigenvalue weighted by molar-refractivity contribution is -0.195. The molecule has 282 valence electrons. The summed E-state index contributed by atoms with van der Waals surface area (Å²) in [5.74, 6) is 4.43. The van der Waals surface area contributed by atoms with Gasteiger partial charge in [-0.15, -0.1) is 26.3 Å². The van der Waals surface area contributed by atoms with Crippen molar-refractivity contribution in [2.24, 2.45) is 16.6 Å². The third kappa shape index (κ3) is 11.2. The number of nitrogens with zero attached hydrogens (tertiary/aromatic N) is 5. The van der Waals surface area contributed by atoms with Gasteiger partial charge in [-0.3, -0.25) is 0 Å². The summed E-state index contributed by atoms with van der Waals surface area (Å²) >= 11 is 4.16. The average molecular weight is 880 g/mol. The van der Waals surface area contributed by atoms with Crippen LogP contribution in [0.25, 0.3) is 33.9 Å². The van der Waals surface area contributed by atoms with Crippen LogP contribution in [0.3, 0.4) is 0 Å². The number of aromatic carboxylic acids is 1. The second kappa shape index (κ2) is 20.7. The summed E-state index contributed by atoms with van der Waals surface area (Å²) in [6.07, 6.45) is 0. The summed E-state index contributed by atoms with van der Waals surface area (Å²) in [4.78, 5) is 20.6. The van der Waals surface area contributed by atoms with Gasteiger partial charge < -0.3 is 15.6 Å². The molecule has 6 aromatic rings. The minimum Gasteiger partial charge on any atom is -0.476 e. The third-order valence-corrected chi connectivity index (χ3v) is 8.84. The van der Waals surface area contributed by atoms with Crippen LogP contribution in [0.4, 0.5) is 0 Å². The van der Waals surface area contributed by atoms with E-state index in [4.69, 9.17) is 21.5 Å². The molecule has 0 saturated carbocycles. The molecule has 7 rings (SSSR count). The van der Waals surface area contributed by atoms with E-state index >= 15 is 0 Å². The Hall–Kier alpha value is -4.61. The van der Waals surface area contributed by atoms with Crippen LogP contribution in [-0.4, -0.2) is 61.6 Å². The van der Waals surface area contributed by atoms with E-state index in [2.05, 4.69) is 66.5 Å². The van der Waals surface area contributed by atoms with E-state index < -0.39 is 5.97 Å². The fraction of sp³-hybridized carbons (Fsp3) is 0.179. The van der Waals surface area contributed by atoms with Crippen molar-refractivity contribution < 1.29 is 24.0 Å². The molecule has 0 radical (unpaired) electrons. The maximum Gasteiger partial charge on any atom is 0.356 e. The van der Waals surface area contributed by atoms with Crippen LogP contribution in [0.15, 0.2) is 119 Å². The summed E-state index contributed by atoms with van der Waals surface area (Å²) in [6.45, 7) is 8.09. The molecular formula is C39H41Br2N7O5S. The fourth-order valence-corrected chi connectivity index (χ4v) is 5.47. The van der Waals surface area contributed by atoms with Crippen molar-refractivity contribution in [3.8, 4) is 33.9 Å². The number of halogens is 2. The highest BCUT2D eigenvalue weighted by Crippen LogP contribution is 2.28. The van der Waals surface area contributed by atoms with Crippen molar-refractivity contribution in [2.75, 3.05) is 25.0 Å². The molecule has 0 aliphatic carbocycles. The first-order valence-electron chi connectivity index (χ1n) is 16.6. The average Bonchev–Trinajstić information content (AvgIpc) is 3.97. The van der Waals surface area contributed by atoms with E-state index in [1.165, 1.54) is 5.56 Å². The van der Waals surface area contributed by atoms with Crippen molar-refractivity contribution in [3.05, 3.63) is 137 Å². The van der Waals surface area contributed by atoms with E-state index in [1.807, 2.05) is 97.4 Å². The molecule has 2 aromatic heterocycles. The highest BCUT2D eigenvalue weighted by molar-refractivity contribution is 9.09. The van der Waals surface area contributed by atoms with Crippen LogP contribution in [0.5, 0.6) is 0 Å². The third-order valence-electron chi connectivity index (χ3n) is 7.78. The molecule has 0 bridgehead atoms. The maximum atomic E-state index is 11.3. The molecule has 0 unspecified atom stereocenters. The fourth-order valence-electron chi connectivity index (χ4n) is 5.10. The summed E-state index contributed by atoms with van der Waals surface area (Å²) < 4.78 is 13.8. The summed E-state index contributed by atoms with van der Waals surface area (Å²) in [5, 5.41) is 19.1. The molecular weight excluding hydrogens is 838 g/mol. The second-order valence-electron chi connectivity index (χ2n) is 11.8. The van der Waals surface area contributed by atoms with E-state index in [0.29, 0.717) is 19.0 Å². The highest BCUT2D eigenvalue weighted by Gasteiger charge is 2.19. The van der Waals surface area contributed by atoms with Gasteiger partial charge in [-0.2, -0.15) is 16.1 Å². The lowest BCUT2D eigenvalue weighted by atomic mass is 10.1. The SMILES string of the molecule is Br.Cc1ccc(-c2cc(C(=O)O)nn2-c2ccc(C)cc2)cc1.Cc1ccc(-c2cc(C3=NCCO3)nn2-c2ccc(SOON)cc2)cc1.NCCBr. The quantitative estimate of drug-likeness (QED) is 0.0529. The monoisotopic (exact) mass is 877 g/mol. The van der Waals surface area contributed by atoms with Gasteiger partial charge in [-0.25, -0.2) is 19.2 Å². The Bertz CT molecular complexity index is 2060. The molecule has 3 heterocycles. The number of ether oxygens (including phenoxy) is 1. The summed E-state index contributed by atoms with van der Waals surface area (Å²) in [7, 11) is 0. The van der Waals surface area contributed by atoms with Gasteiger partial charge in [0.2, 0.25) is 5.90 Å². The number of aliphatic imine (C=N–C) groups is 1. The molecule has 0 atom stereocenters. The number of carbonyl (C=O) groups is 1. The first-order valence-corrected chi connectivity index (χ1v) is 18.5. The Kier molecular flexibility index (Phi) is 16.2. The number of nitrogens with two attached hydrogens (primary N) is 2.